The first kappa shape index (κ1) is 122. The van der Waals surface area contributed by atoms with Crippen LogP contribution in [0.3, 0.4) is 0 Å². The molecular weight excluding hydrogens is 1870 g/mol. The molecule has 8 heterocycles. The average molecular weight is 2070 g/mol. The molecule has 20 rings (SSSR count). The molecule has 20 aliphatic rings. The molecule has 10 bridgehead atoms. The Labute approximate surface area is 883 Å². The minimum absolute atomic E-state index is 0.00857. The van der Waals surface area contributed by atoms with Gasteiger partial charge in [-0.1, -0.05) is 81.6 Å². The van der Waals surface area contributed by atoms with Gasteiger partial charge >= 0.3 is 71.8 Å². The Morgan fingerprint density at radius 3 is 1.12 bits per heavy atom. The second-order valence-electron chi connectivity index (χ2n) is 54.5. The largest absolute Gasteiger partial charge is 0.508 e. The van der Waals surface area contributed by atoms with Crippen molar-refractivity contribution in [3.8, 4) is 0 Å². The van der Waals surface area contributed by atoms with Gasteiger partial charge in [0.25, 0.3) is 0 Å². The molecule has 0 aromatic rings. The molecule has 0 N–H and O–H groups in total. The number of cyclic esters (lactones) is 3. The molecule has 27 heteroatoms. The minimum Gasteiger partial charge on any atom is -0.462 e. The van der Waals surface area contributed by atoms with Gasteiger partial charge in [0, 0.05) is 54.8 Å². The van der Waals surface area contributed by atoms with E-state index in [2.05, 4.69) is 67.1 Å². The molecule has 8 aliphatic heterocycles. The van der Waals surface area contributed by atoms with Crippen LogP contribution in [0.15, 0.2) is 0 Å². The number of hydrogen-bond acceptors (Lipinski definition) is 27. The van der Waals surface area contributed by atoms with Gasteiger partial charge in [0.1, 0.15) is 71.7 Å². The van der Waals surface area contributed by atoms with Gasteiger partial charge in [-0.2, -0.15) is 0 Å². The van der Waals surface area contributed by atoms with Crippen LogP contribution in [0, 0.1) is 119 Å². The number of fused-ring (bicyclic) bond motifs is 1. The minimum atomic E-state index is -0.703. The SMILES string of the molecule is CCC(C)(C)C(=O)OC(C)(C)C12CC3CC(CC(C3)C1)C2.CCC(C)(C)C(=O)OC(C)(C)C12CC3CC(CC(C3)C1)C2.CCC(C)(C)C(=O)OC(C)(C)C1CCCCC1.CCC(C)(C)C(=O)OC1C2CC3C(=O)OC1C3C2.CCC(C)(C)C(=O)OC1COC(=O)C1.CCC(C)(C)C(=O)OCC1COC(=O)O1.CCC1(C)CC2(CCCC2)OC1=O.CCC1(C)CC2(CCOC2C)OC1=O.CCC1(C)CC2(CCOC2C)OC1=O. The molecule has 3 spiro atoms. The quantitative estimate of drug-likeness (QED) is 0.0605. The zero-order valence-electron chi connectivity index (χ0n) is 97.2. The third-order valence-electron chi connectivity index (χ3n) is 40.3. The van der Waals surface area contributed by atoms with Crippen LogP contribution >= 0.6 is 0 Å². The molecule has 0 amide bonds. The van der Waals surface area contributed by atoms with Crippen molar-refractivity contribution in [1.29, 1.82) is 0 Å². The number of ether oxygens (including phenoxy) is 15. The first-order chi connectivity index (χ1) is 68.1. The number of carbonyl (C=O) groups excluding carboxylic acids is 12. The van der Waals surface area contributed by atoms with Gasteiger partial charge in [-0.05, 0) is 387 Å². The monoisotopic (exact) mass is 2070 g/mol. The highest BCUT2D eigenvalue weighted by molar-refractivity contribution is 5.83. The Balaban J connectivity index is 0.000000170. The molecule has 0 aromatic carbocycles. The molecule has 12 aliphatic carbocycles. The molecular formula is C120H198O27. The van der Waals surface area contributed by atoms with Crippen molar-refractivity contribution in [2.24, 2.45) is 119 Å². The van der Waals surface area contributed by atoms with E-state index in [9.17, 15) is 57.5 Å². The molecule has 27 nitrogen and oxygen atoms in total. The Morgan fingerprint density at radius 2 is 0.769 bits per heavy atom. The van der Waals surface area contributed by atoms with Crippen LogP contribution in [0.25, 0.3) is 0 Å². The summed E-state index contributed by atoms with van der Waals surface area (Å²) in [5, 5.41) is 0. The van der Waals surface area contributed by atoms with Crippen LogP contribution < -0.4 is 0 Å². The maximum Gasteiger partial charge on any atom is 0.508 e. The number of hydrogen-bond donors (Lipinski definition) is 0. The van der Waals surface area contributed by atoms with Crippen molar-refractivity contribution in [3.63, 3.8) is 0 Å². The molecule has 14 atom stereocenters. The first-order valence-corrected chi connectivity index (χ1v) is 57.6. The van der Waals surface area contributed by atoms with E-state index in [1.165, 1.54) is 122 Å². The number of carbonyl (C=O) groups is 12. The zero-order valence-corrected chi connectivity index (χ0v) is 97.2. The molecule has 840 valence electrons. The van der Waals surface area contributed by atoms with Crippen molar-refractivity contribution in [2.45, 2.75) is 536 Å². The summed E-state index contributed by atoms with van der Waals surface area (Å²) in [5.74, 6) is 5.42. The maximum absolute atomic E-state index is 12.6. The summed E-state index contributed by atoms with van der Waals surface area (Å²) >= 11 is 0. The highest BCUT2D eigenvalue weighted by Crippen LogP contribution is 2.67. The fraction of sp³-hybridized carbons (Fsp3) is 0.900. The lowest BCUT2D eigenvalue weighted by Crippen LogP contribution is -2.58. The smallest absolute Gasteiger partial charge is 0.462 e. The molecule has 147 heavy (non-hydrogen) atoms. The predicted octanol–water partition coefficient (Wildman–Crippen LogP) is 25.4. The van der Waals surface area contributed by atoms with Crippen LogP contribution in [0.1, 0.15) is 466 Å². The molecule has 0 aromatic heterocycles. The summed E-state index contributed by atoms with van der Waals surface area (Å²) < 4.78 is 81.0. The van der Waals surface area contributed by atoms with E-state index in [1.807, 2.05) is 159 Å². The van der Waals surface area contributed by atoms with E-state index >= 15 is 0 Å². The van der Waals surface area contributed by atoms with Gasteiger partial charge in [-0.25, -0.2) is 4.79 Å². The lowest BCUT2D eigenvalue weighted by molar-refractivity contribution is -0.206. The van der Waals surface area contributed by atoms with Crippen molar-refractivity contribution in [1.82, 2.24) is 0 Å². The van der Waals surface area contributed by atoms with Crippen molar-refractivity contribution < 1.29 is 129 Å². The van der Waals surface area contributed by atoms with E-state index in [-0.39, 0.29) is 205 Å². The molecule has 0 radical (unpaired) electrons. The van der Waals surface area contributed by atoms with E-state index in [0.29, 0.717) is 43.8 Å². The number of rotatable bonds is 25. The summed E-state index contributed by atoms with van der Waals surface area (Å²) in [4.78, 5) is 141. The van der Waals surface area contributed by atoms with Crippen LogP contribution in [0.4, 0.5) is 4.79 Å². The maximum atomic E-state index is 12.6. The molecule has 14 unspecified atom stereocenters. The third-order valence-corrected chi connectivity index (χ3v) is 40.3. The van der Waals surface area contributed by atoms with Gasteiger partial charge in [-0.3, -0.25) is 52.7 Å². The zero-order chi connectivity index (χ0) is 110. The van der Waals surface area contributed by atoms with Gasteiger partial charge in [-0.15, -0.1) is 0 Å². The van der Waals surface area contributed by atoms with Crippen LogP contribution in [0.2, 0.25) is 0 Å². The highest BCUT2D eigenvalue weighted by Gasteiger charge is 2.67. The van der Waals surface area contributed by atoms with E-state index in [1.54, 1.807) is 0 Å². The average Bonchev–Trinajstić information content (AvgIpc) is 1.72. The summed E-state index contributed by atoms with van der Waals surface area (Å²) in [6.45, 7) is 66.0. The topological polar surface area (TPSA) is 343 Å². The van der Waals surface area contributed by atoms with Gasteiger partial charge in [0.05, 0.1) is 86.5 Å². The summed E-state index contributed by atoms with van der Waals surface area (Å²) in [7, 11) is 0. The van der Waals surface area contributed by atoms with E-state index < -0.39 is 28.5 Å². The molecule has 12 saturated carbocycles. The first-order valence-electron chi connectivity index (χ1n) is 57.6. The van der Waals surface area contributed by atoms with Gasteiger partial charge in [0.2, 0.25) is 0 Å². The fourth-order valence-electron chi connectivity index (χ4n) is 26.5. The molecule has 8 saturated heterocycles. The van der Waals surface area contributed by atoms with Crippen LogP contribution in [-0.4, -0.2) is 175 Å². The molecule has 20 fully saturated rings. The highest BCUT2D eigenvalue weighted by atomic mass is 16.8. The standard InChI is InChI=1S/2C19H32O2.C15H28O2.C14H20O4.2C11H18O3.C11H18O2.C10H16O5.C10H16O4/c2*1-6-17(2,3)16(20)21-18(4,5)19-10-13-7-14(11-19)9-15(8-13)12-19;1-6-14(2,3)13(16)17-15(4,5)12-10-8-7-9-11-12;1-4-14(2,3)13(16)18-10-7-5-8-9(6-7)12(15)17-11(8)10;2*1-4-10(3)7-11(14-9(10)12)5-6-13-8(11)2;1-3-10(2)8-11(13-9(10)12)6-4-5-7-11;1-4-10(2,3)8(11)13-5-7-6-14-9(12)15-7;1-4-10(2,3)9(12)14-7-5-8(11)13-6-7/h2*13-15H,6-12H2,1-5H3;12H,6-11H2,1-5H3;7-11H,4-6H2,1-3H3;2*8H,4-7H2,1-3H3;3-8H2,1-2H3;7H,4-6H2,1-3H3;7H,4-6H2,1-3H3. The lowest BCUT2D eigenvalue weighted by atomic mass is 9.46. The predicted molar refractivity (Wildman–Crippen MR) is 559 cm³/mol. The Morgan fingerprint density at radius 1 is 0.395 bits per heavy atom. The van der Waals surface area contributed by atoms with Crippen LogP contribution in [0.5, 0.6) is 0 Å². The van der Waals surface area contributed by atoms with Gasteiger partial charge < -0.3 is 71.1 Å². The summed E-state index contributed by atoms with van der Waals surface area (Å²) in [6, 6.07) is 0. The Kier molecular flexibility index (Phi) is 39.4. The normalized spacial score (nSPS) is 34.8. The summed E-state index contributed by atoms with van der Waals surface area (Å²) in [5.41, 5.74) is -4.39. The lowest BCUT2D eigenvalue weighted by Gasteiger charge is -2.61. The van der Waals surface area contributed by atoms with Crippen molar-refractivity contribution in [2.75, 3.05) is 33.0 Å². The van der Waals surface area contributed by atoms with Crippen molar-refractivity contribution in [3.05, 3.63) is 0 Å². The summed E-state index contributed by atoms with van der Waals surface area (Å²) in [6.07, 6.45) is 39.0. The fourth-order valence-corrected chi connectivity index (χ4v) is 26.5. The van der Waals surface area contributed by atoms with Crippen LogP contribution in [-0.2, 0) is 124 Å². The Hall–Kier alpha value is -6.64. The number of esters is 11. The second-order valence-corrected chi connectivity index (χ2v) is 54.5. The van der Waals surface area contributed by atoms with Gasteiger partial charge in [0.15, 0.2) is 6.10 Å². The van der Waals surface area contributed by atoms with E-state index in [0.717, 1.165) is 138 Å². The van der Waals surface area contributed by atoms with Crippen molar-refractivity contribution >= 4 is 71.8 Å². The Bertz CT molecular complexity index is 4340. The second kappa shape index (κ2) is 47.4. The van der Waals surface area contributed by atoms with E-state index in [4.69, 9.17) is 66.3 Å². The third kappa shape index (κ3) is 28.0.